The number of hydrogen-bond donors (Lipinski definition) is 2. The minimum atomic E-state index is -0.0425. The van der Waals surface area contributed by atoms with Crippen molar-refractivity contribution in [2.45, 2.75) is 19.3 Å². The molecule has 0 unspecified atom stereocenters. The van der Waals surface area contributed by atoms with Crippen molar-refractivity contribution >= 4 is 29.1 Å². The molecule has 0 radical (unpaired) electrons. The molecule has 2 N–H and O–H groups in total. The van der Waals surface area contributed by atoms with Gasteiger partial charge in [0.15, 0.2) is 0 Å². The van der Waals surface area contributed by atoms with Crippen molar-refractivity contribution in [3.63, 3.8) is 0 Å². The summed E-state index contributed by atoms with van der Waals surface area (Å²) in [7, 11) is 0. The Kier molecular flexibility index (Phi) is 6.34. The van der Waals surface area contributed by atoms with Crippen LogP contribution in [0.1, 0.15) is 18.4 Å². The van der Waals surface area contributed by atoms with Gasteiger partial charge in [-0.3, -0.25) is 4.79 Å². The number of hydrogen-bond acceptors (Lipinski definition) is 2. The Morgan fingerprint density at radius 3 is 2.71 bits per heavy atom. The fourth-order valence-corrected chi connectivity index (χ4v) is 1.75. The predicted octanol–water partition coefficient (Wildman–Crippen LogP) is 2.42. The number of nitrogens with one attached hydrogen (secondary N) is 1. The topological polar surface area (TPSA) is 49.3 Å². The maximum atomic E-state index is 11.2. The van der Waals surface area contributed by atoms with Crippen LogP contribution in [0, 0.1) is 0 Å². The van der Waals surface area contributed by atoms with E-state index in [2.05, 4.69) is 5.32 Å². The standard InChI is InChI=1S/C12H15Cl2NO2/c13-10-5-4-9(8-11(10)14)2-1-3-12(17)15-6-7-16/h4-5,8,16H,1-3,6-7H2,(H,15,17). The maximum absolute atomic E-state index is 11.2. The summed E-state index contributed by atoms with van der Waals surface area (Å²) in [5.41, 5.74) is 1.06. The van der Waals surface area contributed by atoms with E-state index in [1.807, 2.05) is 12.1 Å². The zero-order chi connectivity index (χ0) is 12.7. The molecule has 1 amide bonds. The van der Waals surface area contributed by atoms with E-state index in [9.17, 15) is 4.79 Å². The van der Waals surface area contributed by atoms with Gasteiger partial charge in [-0.2, -0.15) is 0 Å². The predicted molar refractivity (Wildman–Crippen MR) is 69.5 cm³/mol. The van der Waals surface area contributed by atoms with Gasteiger partial charge in [0, 0.05) is 13.0 Å². The van der Waals surface area contributed by atoms with Crippen molar-refractivity contribution in [3.8, 4) is 0 Å². The summed E-state index contributed by atoms with van der Waals surface area (Å²) >= 11 is 11.7. The molecule has 5 heteroatoms. The Morgan fingerprint density at radius 1 is 1.29 bits per heavy atom. The van der Waals surface area contributed by atoms with Crippen LogP contribution in [-0.2, 0) is 11.2 Å². The summed E-state index contributed by atoms with van der Waals surface area (Å²) in [6, 6.07) is 5.47. The SMILES string of the molecule is O=C(CCCc1ccc(Cl)c(Cl)c1)NCCO. The van der Waals surface area contributed by atoms with Crippen molar-refractivity contribution in [3.05, 3.63) is 33.8 Å². The zero-order valence-electron chi connectivity index (χ0n) is 9.38. The molecule has 0 heterocycles. The minimum Gasteiger partial charge on any atom is -0.395 e. The van der Waals surface area contributed by atoms with Gasteiger partial charge in [0.05, 0.1) is 16.7 Å². The Balaban J connectivity index is 2.30. The molecule has 94 valence electrons. The van der Waals surface area contributed by atoms with Crippen molar-refractivity contribution in [2.24, 2.45) is 0 Å². The largest absolute Gasteiger partial charge is 0.395 e. The summed E-state index contributed by atoms with van der Waals surface area (Å²) in [5, 5.41) is 12.2. The second-order valence-electron chi connectivity index (χ2n) is 3.68. The van der Waals surface area contributed by atoms with Crippen LogP contribution in [0.2, 0.25) is 10.0 Å². The third kappa shape index (κ3) is 5.39. The van der Waals surface area contributed by atoms with E-state index in [0.717, 1.165) is 18.4 Å². The molecule has 3 nitrogen and oxygen atoms in total. The lowest BCUT2D eigenvalue weighted by Crippen LogP contribution is -2.26. The summed E-state index contributed by atoms with van der Waals surface area (Å²) in [6.45, 7) is 0.282. The van der Waals surface area contributed by atoms with Crippen LogP contribution in [0.25, 0.3) is 0 Å². The van der Waals surface area contributed by atoms with Crippen LogP contribution < -0.4 is 5.32 Å². The summed E-state index contributed by atoms with van der Waals surface area (Å²) in [4.78, 5) is 11.2. The van der Waals surface area contributed by atoms with Crippen LogP contribution in [0.4, 0.5) is 0 Å². The van der Waals surface area contributed by atoms with E-state index in [4.69, 9.17) is 28.3 Å². The average molecular weight is 276 g/mol. The van der Waals surface area contributed by atoms with Crippen LogP contribution in [0.5, 0.6) is 0 Å². The number of aliphatic hydroxyl groups excluding tert-OH is 1. The van der Waals surface area contributed by atoms with E-state index < -0.39 is 0 Å². The van der Waals surface area contributed by atoms with E-state index in [0.29, 0.717) is 23.0 Å². The van der Waals surface area contributed by atoms with Crippen molar-refractivity contribution in [1.82, 2.24) is 5.32 Å². The Morgan fingerprint density at radius 2 is 2.06 bits per heavy atom. The number of rotatable bonds is 6. The average Bonchev–Trinajstić information content (AvgIpc) is 2.31. The Labute approximate surface area is 111 Å². The van der Waals surface area contributed by atoms with Crippen LogP contribution >= 0.6 is 23.2 Å². The summed E-state index contributed by atoms with van der Waals surface area (Å²) in [6.07, 6.45) is 1.97. The Bertz CT molecular complexity index is 383. The molecule has 17 heavy (non-hydrogen) atoms. The van der Waals surface area contributed by atoms with Gasteiger partial charge in [0.25, 0.3) is 0 Å². The number of amides is 1. The molecular weight excluding hydrogens is 261 g/mol. The molecule has 0 aromatic heterocycles. The monoisotopic (exact) mass is 275 g/mol. The van der Waals surface area contributed by atoms with E-state index in [1.165, 1.54) is 0 Å². The van der Waals surface area contributed by atoms with E-state index in [1.54, 1.807) is 6.07 Å². The third-order valence-electron chi connectivity index (χ3n) is 2.29. The molecule has 0 aliphatic rings. The first-order valence-corrected chi connectivity index (χ1v) is 6.20. The van der Waals surface area contributed by atoms with E-state index >= 15 is 0 Å². The second kappa shape index (κ2) is 7.54. The first-order valence-electron chi connectivity index (χ1n) is 5.45. The maximum Gasteiger partial charge on any atom is 0.220 e. The van der Waals surface area contributed by atoms with Crippen LogP contribution in [-0.4, -0.2) is 24.2 Å². The van der Waals surface area contributed by atoms with Gasteiger partial charge in [-0.05, 0) is 30.5 Å². The number of carbonyl (C=O) groups is 1. The molecule has 1 aromatic rings. The molecule has 1 aromatic carbocycles. The van der Waals surface area contributed by atoms with Crippen LogP contribution in [0.3, 0.4) is 0 Å². The minimum absolute atomic E-state index is 0.0292. The fourth-order valence-electron chi connectivity index (χ4n) is 1.43. The molecule has 0 atom stereocenters. The molecular formula is C12H15Cl2NO2. The van der Waals surface area contributed by atoms with Gasteiger partial charge in [-0.25, -0.2) is 0 Å². The number of aryl methyl sites for hydroxylation is 1. The summed E-state index contributed by atoms with van der Waals surface area (Å²) in [5.74, 6) is -0.0425. The number of carbonyl (C=O) groups excluding carboxylic acids is 1. The fraction of sp³-hybridized carbons (Fsp3) is 0.417. The molecule has 0 aliphatic heterocycles. The van der Waals surface area contributed by atoms with Gasteiger partial charge < -0.3 is 10.4 Å². The highest BCUT2D eigenvalue weighted by Gasteiger charge is 2.02. The quantitative estimate of drug-likeness (QED) is 0.838. The normalized spacial score (nSPS) is 10.3. The third-order valence-corrected chi connectivity index (χ3v) is 3.03. The molecule has 0 spiro atoms. The van der Waals surface area contributed by atoms with Crippen LogP contribution in [0.15, 0.2) is 18.2 Å². The van der Waals surface area contributed by atoms with Crippen molar-refractivity contribution in [1.29, 1.82) is 0 Å². The molecule has 0 bridgehead atoms. The van der Waals surface area contributed by atoms with Crippen molar-refractivity contribution in [2.75, 3.05) is 13.2 Å². The molecule has 0 fully saturated rings. The van der Waals surface area contributed by atoms with Gasteiger partial charge in [0.2, 0.25) is 5.91 Å². The smallest absolute Gasteiger partial charge is 0.220 e. The number of halogens is 2. The highest BCUT2D eigenvalue weighted by Crippen LogP contribution is 2.23. The molecule has 0 saturated heterocycles. The zero-order valence-corrected chi connectivity index (χ0v) is 10.9. The first-order chi connectivity index (χ1) is 8.13. The number of aliphatic hydroxyl groups is 1. The lowest BCUT2D eigenvalue weighted by Gasteiger charge is -2.04. The van der Waals surface area contributed by atoms with Gasteiger partial charge in [-0.1, -0.05) is 29.3 Å². The number of benzene rings is 1. The molecule has 1 rings (SSSR count). The van der Waals surface area contributed by atoms with E-state index in [-0.39, 0.29) is 12.5 Å². The lowest BCUT2D eigenvalue weighted by atomic mass is 10.1. The highest BCUT2D eigenvalue weighted by atomic mass is 35.5. The second-order valence-corrected chi connectivity index (χ2v) is 4.49. The molecule has 0 saturated carbocycles. The lowest BCUT2D eigenvalue weighted by molar-refractivity contribution is -0.121. The molecule has 0 aliphatic carbocycles. The van der Waals surface area contributed by atoms with Gasteiger partial charge >= 0.3 is 0 Å². The van der Waals surface area contributed by atoms with Crippen molar-refractivity contribution < 1.29 is 9.90 Å². The Hall–Kier alpha value is -0.770. The van der Waals surface area contributed by atoms with Gasteiger partial charge in [-0.15, -0.1) is 0 Å². The highest BCUT2D eigenvalue weighted by molar-refractivity contribution is 6.42. The first kappa shape index (κ1) is 14.3. The summed E-state index contributed by atoms with van der Waals surface area (Å²) < 4.78 is 0. The van der Waals surface area contributed by atoms with Gasteiger partial charge in [0.1, 0.15) is 0 Å².